The van der Waals surface area contributed by atoms with Crippen LogP contribution >= 0.6 is 0 Å². The third-order valence-corrected chi connectivity index (χ3v) is 4.17. The zero-order valence-electron chi connectivity index (χ0n) is 13.7. The second-order valence-corrected chi connectivity index (χ2v) is 5.87. The molecule has 0 bridgehead atoms. The first-order valence-corrected chi connectivity index (χ1v) is 8.21. The Bertz CT molecular complexity index is 769. The van der Waals surface area contributed by atoms with Crippen molar-refractivity contribution < 1.29 is 4.79 Å². The zero-order valence-corrected chi connectivity index (χ0v) is 13.7. The second-order valence-electron chi connectivity index (χ2n) is 5.87. The van der Waals surface area contributed by atoms with Crippen molar-refractivity contribution in [1.29, 1.82) is 0 Å². The molecule has 0 heterocycles. The van der Waals surface area contributed by atoms with Crippen LogP contribution in [0.2, 0.25) is 0 Å². The van der Waals surface area contributed by atoms with Gasteiger partial charge in [-0.25, -0.2) is 0 Å². The van der Waals surface area contributed by atoms with Crippen LogP contribution in [0.4, 0.5) is 0 Å². The molecule has 2 nitrogen and oxygen atoms in total. The Labute approximate surface area is 143 Å². The van der Waals surface area contributed by atoms with E-state index in [2.05, 4.69) is 24.4 Å². The van der Waals surface area contributed by atoms with Crippen molar-refractivity contribution in [3.63, 3.8) is 0 Å². The standard InChI is InChI=1S/C22H21NO/c1-17(18-11-5-2-6-12-18)23-21(19-13-7-3-8-14-19)22(24)20-15-9-4-10-16-20/h2-17,21,23H,1H3/t17-,21-/m0/s1. The molecule has 120 valence electrons. The SMILES string of the molecule is C[C@H](N[C@H](C(=O)c1ccccc1)c1ccccc1)c1ccccc1. The maximum Gasteiger partial charge on any atom is 0.184 e. The molecule has 0 saturated heterocycles. The van der Waals surface area contributed by atoms with Crippen molar-refractivity contribution in [2.24, 2.45) is 0 Å². The number of carbonyl (C=O) groups is 1. The molecule has 0 aliphatic carbocycles. The molecule has 0 radical (unpaired) electrons. The number of hydrogen-bond donors (Lipinski definition) is 1. The van der Waals surface area contributed by atoms with Crippen LogP contribution in [0.15, 0.2) is 91.0 Å². The average molecular weight is 315 g/mol. The van der Waals surface area contributed by atoms with Gasteiger partial charge in [0.2, 0.25) is 0 Å². The smallest absolute Gasteiger partial charge is 0.184 e. The lowest BCUT2D eigenvalue weighted by Crippen LogP contribution is -2.31. The Morgan fingerprint density at radius 3 is 1.71 bits per heavy atom. The molecule has 0 fully saturated rings. The van der Waals surface area contributed by atoms with E-state index in [1.807, 2.05) is 78.9 Å². The molecular weight excluding hydrogens is 294 g/mol. The minimum Gasteiger partial charge on any atom is -0.297 e. The fraction of sp³-hybridized carbons (Fsp3) is 0.136. The van der Waals surface area contributed by atoms with Gasteiger partial charge < -0.3 is 0 Å². The summed E-state index contributed by atoms with van der Waals surface area (Å²) in [4.78, 5) is 13.0. The summed E-state index contributed by atoms with van der Waals surface area (Å²) in [6, 6.07) is 29.2. The Balaban J connectivity index is 1.90. The van der Waals surface area contributed by atoms with E-state index in [-0.39, 0.29) is 17.9 Å². The number of rotatable bonds is 6. The van der Waals surface area contributed by atoms with Crippen LogP contribution in [0.3, 0.4) is 0 Å². The van der Waals surface area contributed by atoms with Gasteiger partial charge in [-0.05, 0) is 18.1 Å². The number of benzene rings is 3. The first kappa shape index (κ1) is 16.2. The molecule has 0 unspecified atom stereocenters. The van der Waals surface area contributed by atoms with Crippen LogP contribution < -0.4 is 5.32 Å². The average Bonchev–Trinajstić information content (AvgIpc) is 2.67. The summed E-state index contributed by atoms with van der Waals surface area (Å²) in [6.45, 7) is 2.09. The van der Waals surface area contributed by atoms with Crippen molar-refractivity contribution in [1.82, 2.24) is 5.32 Å². The monoisotopic (exact) mass is 315 g/mol. The molecular formula is C22H21NO. The highest BCUT2D eigenvalue weighted by atomic mass is 16.1. The molecule has 0 spiro atoms. The number of carbonyl (C=O) groups excluding carboxylic acids is 1. The van der Waals surface area contributed by atoms with Gasteiger partial charge in [0, 0.05) is 11.6 Å². The van der Waals surface area contributed by atoms with Crippen molar-refractivity contribution in [2.45, 2.75) is 19.0 Å². The van der Waals surface area contributed by atoms with Crippen LogP contribution in [-0.4, -0.2) is 5.78 Å². The third kappa shape index (κ3) is 3.79. The molecule has 2 heteroatoms. The molecule has 0 aliphatic rings. The topological polar surface area (TPSA) is 29.1 Å². The molecule has 1 N–H and O–H groups in total. The number of nitrogens with one attached hydrogen (secondary N) is 1. The second kappa shape index (κ2) is 7.71. The summed E-state index contributed by atoms with van der Waals surface area (Å²) in [5.41, 5.74) is 2.87. The van der Waals surface area contributed by atoms with Gasteiger partial charge in [-0.15, -0.1) is 0 Å². The fourth-order valence-electron chi connectivity index (χ4n) is 2.83. The van der Waals surface area contributed by atoms with Gasteiger partial charge >= 0.3 is 0 Å². The van der Waals surface area contributed by atoms with Crippen molar-refractivity contribution >= 4 is 5.78 Å². The predicted octanol–water partition coefficient (Wildman–Crippen LogP) is 4.96. The molecule has 3 rings (SSSR count). The van der Waals surface area contributed by atoms with Gasteiger partial charge in [0.25, 0.3) is 0 Å². The molecule has 2 atom stereocenters. The summed E-state index contributed by atoms with van der Waals surface area (Å²) in [5.74, 6) is 0.0876. The van der Waals surface area contributed by atoms with Gasteiger partial charge in [0.1, 0.15) is 0 Å². The first-order valence-electron chi connectivity index (χ1n) is 8.21. The third-order valence-electron chi connectivity index (χ3n) is 4.17. The van der Waals surface area contributed by atoms with Crippen LogP contribution in [-0.2, 0) is 0 Å². The van der Waals surface area contributed by atoms with E-state index in [1.165, 1.54) is 5.56 Å². The lowest BCUT2D eigenvalue weighted by molar-refractivity contribution is 0.0936. The minimum atomic E-state index is -0.371. The van der Waals surface area contributed by atoms with Crippen LogP contribution in [0.5, 0.6) is 0 Å². The summed E-state index contributed by atoms with van der Waals surface area (Å²) >= 11 is 0. The van der Waals surface area contributed by atoms with Crippen LogP contribution in [0, 0.1) is 0 Å². The molecule has 3 aromatic rings. The van der Waals surface area contributed by atoms with E-state index in [9.17, 15) is 4.79 Å². The van der Waals surface area contributed by atoms with E-state index < -0.39 is 0 Å². The Kier molecular flexibility index (Phi) is 5.19. The summed E-state index contributed by atoms with van der Waals surface area (Å²) in [6.07, 6.45) is 0. The molecule has 24 heavy (non-hydrogen) atoms. The quantitative estimate of drug-likeness (QED) is 0.651. The van der Waals surface area contributed by atoms with Crippen LogP contribution in [0.25, 0.3) is 0 Å². The van der Waals surface area contributed by atoms with E-state index in [0.717, 1.165) is 11.1 Å². The Morgan fingerprint density at radius 2 is 1.17 bits per heavy atom. The van der Waals surface area contributed by atoms with Crippen LogP contribution in [0.1, 0.15) is 40.5 Å². The lowest BCUT2D eigenvalue weighted by Gasteiger charge is -2.23. The number of ketones is 1. The largest absolute Gasteiger partial charge is 0.297 e. The number of hydrogen-bond acceptors (Lipinski definition) is 2. The summed E-state index contributed by atoms with van der Waals surface area (Å²) < 4.78 is 0. The molecule has 0 aromatic heterocycles. The van der Waals surface area contributed by atoms with Crippen molar-refractivity contribution in [3.05, 3.63) is 108 Å². The summed E-state index contributed by atoms with van der Waals surface area (Å²) in [7, 11) is 0. The normalized spacial score (nSPS) is 13.2. The van der Waals surface area contributed by atoms with Gasteiger partial charge in [-0.3, -0.25) is 10.1 Å². The predicted molar refractivity (Wildman–Crippen MR) is 97.9 cm³/mol. The van der Waals surface area contributed by atoms with Gasteiger partial charge in [-0.1, -0.05) is 91.0 Å². The van der Waals surface area contributed by atoms with E-state index in [1.54, 1.807) is 0 Å². The highest BCUT2D eigenvalue weighted by molar-refractivity contribution is 6.00. The van der Waals surface area contributed by atoms with Crippen molar-refractivity contribution in [2.75, 3.05) is 0 Å². The Morgan fingerprint density at radius 1 is 0.708 bits per heavy atom. The first-order chi connectivity index (χ1) is 11.8. The molecule has 0 aliphatic heterocycles. The zero-order chi connectivity index (χ0) is 16.8. The molecule has 3 aromatic carbocycles. The summed E-state index contributed by atoms with van der Waals surface area (Å²) in [5, 5.41) is 3.50. The highest BCUT2D eigenvalue weighted by Crippen LogP contribution is 2.23. The Hall–Kier alpha value is -2.71. The van der Waals surface area contributed by atoms with Gasteiger partial charge in [-0.2, -0.15) is 0 Å². The van der Waals surface area contributed by atoms with Gasteiger partial charge in [0.05, 0.1) is 6.04 Å². The number of Topliss-reactive ketones (excluding diaryl/α,β-unsaturated/α-hetero) is 1. The minimum absolute atomic E-state index is 0.0732. The van der Waals surface area contributed by atoms with Crippen molar-refractivity contribution in [3.8, 4) is 0 Å². The lowest BCUT2D eigenvalue weighted by atomic mass is 9.95. The van der Waals surface area contributed by atoms with E-state index >= 15 is 0 Å². The molecule has 0 amide bonds. The van der Waals surface area contributed by atoms with Gasteiger partial charge in [0.15, 0.2) is 5.78 Å². The van der Waals surface area contributed by atoms with E-state index in [0.29, 0.717) is 0 Å². The maximum atomic E-state index is 13.0. The fourth-order valence-corrected chi connectivity index (χ4v) is 2.83. The highest BCUT2D eigenvalue weighted by Gasteiger charge is 2.23. The van der Waals surface area contributed by atoms with E-state index in [4.69, 9.17) is 0 Å². The maximum absolute atomic E-state index is 13.0. The molecule has 0 saturated carbocycles.